The van der Waals surface area contributed by atoms with Crippen molar-refractivity contribution in [3.63, 3.8) is 0 Å². The van der Waals surface area contributed by atoms with Crippen LogP contribution in [0.15, 0.2) is 12.1 Å². The van der Waals surface area contributed by atoms with Gasteiger partial charge in [-0.2, -0.15) is 17.0 Å². The van der Waals surface area contributed by atoms with E-state index in [4.69, 9.17) is 0 Å². The number of aromatic nitrogens is 2. The summed E-state index contributed by atoms with van der Waals surface area (Å²) in [7, 11) is -3.29. The van der Waals surface area contributed by atoms with Crippen molar-refractivity contribution in [2.24, 2.45) is 0 Å². The summed E-state index contributed by atoms with van der Waals surface area (Å²) in [6.45, 7) is 5.76. The normalized spacial score (nSPS) is 23.5. The molecule has 0 aliphatic carbocycles. The second kappa shape index (κ2) is 7.05. The van der Waals surface area contributed by atoms with Gasteiger partial charge in [0, 0.05) is 52.4 Å². The molecule has 138 valence electrons. The maximum Gasteiger partial charge on any atom is 0.282 e. The Bertz CT molecular complexity index is 675. The van der Waals surface area contributed by atoms with Gasteiger partial charge in [0.05, 0.1) is 0 Å². The Morgan fingerprint density at radius 3 is 1.60 bits per heavy atom. The van der Waals surface area contributed by atoms with Crippen LogP contribution in [0.3, 0.4) is 0 Å². The highest BCUT2D eigenvalue weighted by molar-refractivity contribution is 7.86. The van der Waals surface area contributed by atoms with E-state index in [1.807, 2.05) is 12.1 Å². The zero-order valence-corrected chi connectivity index (χ0v) is 15.4. The van der Waals surface area contributed by atoms with Gasteiger partial charge in [-0.1, -0.05) is 0 Å². The van der Waals surface area contributed by atoms with Crippen molar-refractivity contribution < 1.29 is 8.42 Å². The zero-order chi connectivity index (χ0) is 17.3. The lowest BCUT2D eigenvalue weighted by atomic mass is 10.3. The minimum absolute atomic E-state index is 0.508. The van der Waals surface area contributed by atoms with Crippen molar-refractivity contribution in [2.45, 2.75) is 25.7 Å². The smallest absolute Gasteiger partial charge is 0.282 e. The Morgan fingerprint density at radius 2 is 1.08 bits per heavy atom. The molecule has 3 aliphatic rings. The molecule has 0 unspecified atom stereocenters. The van der Waals surface area contributed by atoms with E-state index < -0.39 is 10.2 Å². The van der Waals surface area contributed by atoms with Gasteiger partial charge in [-0.05, 0) is 37.8 Å². The quantitative estimate of drug-likeness (QED) is 0.774. The second-order valence-electron chi connectivity index (χ2n) is 6.94. The molecule has 3 saturated heterocycles. The first-order valence-electron chi connectivity index (χ1n) is 9.23. The van der Waals surface area contributed by atoms with Crippen LogP contribution in [0.2, 0.25) is 0 Å². The molecule has 0 spiro atoms. The number of anilines is 2. The molecule has 4 heterocycles. The van der Waals surface area contributed by atoms with Crippen molar-refractivity contribution in [2.75, 3.05) is 62.2 Å². The third-order valence-corrected chi connectivity index (χ3v) is 7.38. The predicted octanol–water partition coefficient (Wildman–Crippen LogP) is 0.539. The molecule has 4 rings (SSSR count). The Labute approximate surface area is 149 Å². The van der Waals surface area contributed by atoms with Crippen LogP contribution in [0.1, 0.15) is 25.7 Å². The molecule has 8 nitrogen and oxygen atoms in total. The molecule has 3 fully saturated rings. The van der Waals surface area contributed by atoms with E-state index in [2.05, 4.69) is 20.0 Å². The highest BCUT2D eigenvalue weighted by Gasteiger charge is 2.34. The average molecular weight is 366 g/mol. The first-order chi connectivity index (χ1) is 12.1. The van der Waals surface area contributed by atoms with E-state index in [1.165, 1.54) is 12.8 Å². The van der Waals surface area contributed by atoms with Crippen molar-refractivity contribution in [1.29, 1.82) is 0 Å². The van der Waals surface area contributed by atoms with E-state index in [-0.39, 0.29) is 0 Å². The molecule has 9 heteroatoms. The predicted molar refractivity (Wildman–Crippen MR) is 97.0 cm³/mol. The van der Waals surface area contributed by atoms with Gasteiger partial charge in [0.25, 0.3) is 10.2 Å². The molecule has 0 N–H and O–H groups in total. The van der Waals surface area contributed by atoms with Gasteiger partial charge in [0.1, 0.15) is 0 Å². The number of rotatable bonds is 4. The molecule has 0 atom stereocenters. The minimum atomic E-state index is -3.29. The molecule has 3 aliphatic heterocycles. The van der Waals surface area contributed by atoms with Crippen LogP contribution in [0.25, 0.3) is 0 Å². The largest absolute Gasteiger partial charge is 0.355 e. The molecule has 0 aromatic carbocycles. The first-order valence-corrected chi connectivity index (χ1v) is 10.6. The molecule has 0 bridgehead atoms. The summed E-state index contributed by atoms with van der Waals surface area (Å²) < 4.78 is 28.5. The Kier molecular flexibility index (Phi) is 4.79. The molecule has 1 aromatic heterocycles. The standard InChI is InChI=1S/C16H26N6O2S/c23-25(24,21-9-3-4-10-21)22-13-11-20(12-14-22)16-6-5-15(17-18-16)19-7-1-2-8-19/h5-6H,1-4,7-14H2. The van der Waals surface area contributed by atoms with E-state index in [0.29, 0.717) is 39.3 Å². The highest BCUT2D eigenvalue weighted by Crippen LogP contribution is 2.22. The lowest BCUT2D eigenvalue weighted by molar-refractivity contribution is 0.343. The SMILES string of the molecule is O=S(=O)(N1CCCC1)N1CCN(c2ccc(N3CCCC3)nn2)CC1. The summed E-state index contributed by atoms with van der Waals surface area (Å²) in [5.41, 5.74) is 0. The molecule has 1 aromatic rings. The molecular formula is C16H26N6O2S. The summed E-state index contributed by atoms with van der Waals surface area (Å²) in [6, 6.07) is 4.03. The second-order valence-corrected chi connectivity index (χ2v) is 8.87. The Morgan fingerprint density at radius 1 is 0.640 bits per heavy atom. The van der Waals surface area contributed by atoms with E-state index in [9.17, 15) is 8.42 Å². The van der Waals surface area contributed by atoms with E-state index in [1.54, 1.807) is 8.61 Å². The number of piperazine rings is 1. The van der Waals surface area contributed by atoms with Gasteiger partial charge in [-0.25, -0.2) is 0 Å². The van der Waals surface area contributed by atoms with Gasteiger partial charge in [-0.3, -0.25) is 0 Å². The van der Waals surface area contributed by atoms with E-state index in [0.717, 1.165) is 37.6 Å². The van der Waals surface area contributed by atoms with Crippen LogP contribution < -0.4 is 9.80 Å². The van der Waals surface area contributed by atoms with E-state index >= 15 is 0 Å². The third-order valence-electron chi connectivity index (χ3n) is 5.35. The Hall–Kier alpha value is -1.45. The topological polar surface area (TPSA) is 72.9 Å². The average Bonchev–Trinajstić information content (AvgIpc) is 3.36. The highest BCUT2D eigenvalue weighted by atomic mass is 32.2. The van der Waals surface area contributed by atoms with Crippen molar-refractivity contribution >= 4 is 21.8 Å². The van der Waals surface area contributed by atoms with Crippen LogP contribution in [0.4, 0.5) is 11.6 Å². The zero-order valence-electron chi connectivity index (χ0n) is 14.5. The van der Waals surface area contributed by atoms with Crippen molar-refractivity contribution in [3.05, 3.63) is 12.1 Å². The van der Waals surface area contributed by atoms with Crippen LogP contribution >= 0.6 is 0 Å². The first kappa shape index (κ1) is 17.0. The summed E-state index contributed by atoms with van der Waals surface area (Å²) in [4.78, 5) is 4.38. The fraction of sp³-hybridized carbons (Fsp3) is 0.750. The van der Waals surface area contributed by atoms with Crippen LogP contribution in [0.5, 0.6) is 0 Å². The fourth-order valence-corrected chi connectivity index (χ4v) is 5.50. The number of hydrogen-bond donors (Lipinski definition) is 0. The number of hydrogen-bond acceptors (Lipinski definition) is 6. The molecule has 0 saturated carbocycles. The van der Waals surface area contributed by atoms with Crippen molar-refractivity contribution in [3.8, 4) is 0 Å². The third kappa shape index (κ3) is 3.45. The number of nitrogens with zero attached hydrogens (tertiary/aromatic N) is 6. The lowest BCUT2D eigenvalue weighted by Crippen LogP contribution is -2.52. The summed E-state index contributed by atoms with van der Waals surface area (Å²) in [6.07, 6.45) is 4.38. The summed E-state index contributed by atoms with van der Waals surface area (Å²) >= 11 is 0. The molecular weight excluding hydrogens is 340 g/mol. The fourth-order valence-electron chi connectivity index (χ4n) is 3.83. The van der Waals surface area contributed by atoms with Gasteiger partial charge >= 0.3 is 0 Å². The lowest BCUT2D eigenvalue weighted by Gasteiger charge is -2.36. The van der Waals surface area contributed by atoms with Gasteiger partial charge < -0.3 is 9.80 Å². The monoisotopic (exact) mass is 366 g/mol. The molecule has 0 amide bonds. The summed E-state index contributed by atoms with van der Waals surface area (Å²) in [5, 5.41) is 8.73. The van der Waals surface area contributed by atoms with Crippen LogP contribution in [-0.2, 0) is 10.2 Å². The van der Waals surface area contributed by atoms with Gasteiger partial charge in [0.2, 0.25) is 0 Å². The minimum Gasteiger partial charge on any atom is -0.355 e. The van der Waals surface area contributed by atoms with Gasteiger partial charge in [-0.15, -0.1) is 10.2 Å². The Balaban J connectivity index is 1.36. The van der Waals surface area contributed by atoms with Crippen molar-refractivity contribution in [1.82, 2.24) is 18.8 Å². The van der Waals surface area contributed by atoms with Crippen LogP contribution in [0, 0.1) is 0 Å². The maximum atomic E-state index is 12.6. The molecule has 0 radical (unpaired) electrons. The maximum absolute atomic E-state index is 12.6. The summed E-state index contributed by atoms with van der Waals surface area (Å²) in [5.74, 6) is 1.78. The molecule has 25 heavy (non-hydrogen) atoms. The van der Waals surface area contributed by atoms with Crippen LogP contribution in [-0.4, -0.2) is 79.6 Å². The van der Waals surface area contributed by atoms with Gasteiger partial charge in [0.15, 0.2) is 11.6 Å².